The second-order valence-electron chi connectivity index (χ2n) is 4.82. The predicted octanol–water partition coefficient (Wildman–Crippen LogP) is 0.912. The number of carboxylic acid groups (broad SMARTS) is 1. The number of ether oxygens (including phenoxy) is 1. The minimum atomic E-state index is -4.15. The van der Waals surface area contributed by atoms with Crippen LogP contribution in [0.25, 0.3) is 0 Å². The number of carbonyl (C=O) groups excluding carboxylic acids is 1. The van der Waals surface area contributed by atoms with E-state index in [0.717, 1.165) is 13.8 Å². The molecule has 0 saturated carbocycles. The van der Waals surface area contributed by atoms with Crippen LogP contribution in [0.15, 0.2) is 24.3 Å². The van der Waals surface area contributed by atoms with Crippen LogP contribution in [0.4, 0.5) is 5.69 Å². The van der Waals surface area contributed by atoms with Crippen LogP contribution in [0.2, 0.25) is 0 Å². The zero-order valence-electron chi connectivity index (χ0n) is 11.9. The van der Waals surface area contributed by atoms with Crippen LogP contribution in [0, 0.1) is 0 Å². The van der Waals surface area contributed by atoms with E-state index in [-0.39, 0.29) is 0 Å². The summed E-state index contributed by atoms with van der Waals surface area (Å²) in [5.41, 5.74) is 0.313. The van der Waals surface area contributed by atoms with E-state index < -0.39 is 32.2 Å². The first-order chi connectivity index (χ1) is 9.61. The summed E-state index contributed by atoms with van der Waals surface area (Å²) < 4.78 is 26.9. The van der Waals surface area contributed by atoms with Gasteiger partial charge in [0.15, 0.2) is 14.6 Å². The highest BCUT2D eigenvalue weighted by atomic mass is 32.2. The minimum absolute atomic E-state index is 0.313. The number of sulfone groups is 1. The number of anilines is 1. The summed E-state index contributed by atoms with van der Waals surface area (Å²) in [6.07, 6.45) is 0. The molecule has 1 amide bonds. The number of methoxy groups -OCH3 is 1. The van der Waals surface area contributed by atoms with Gasteiger partial charge in [-0.25, -0.2) is 8.42 Å². The quantitative estimate of drug-likeness (QED) is 0.807. The molecule has 0 radical (unpaired) electrons. The van der Waals surface area contributed by atoms with E-state index in [4.69, 9.17) is 9.84 Å². The van der Waals surface area contributed by atoms with Crippen LogP contribution in [0.3, 0.4) is 0 Å². The molecule has 21 heavy (non-hydrogen) atoms. The summed E-state index contributed by atoms with van der Waals surface area (Å²) in [5, 5.41) is 11.3. The fourth-order valence-corrected chi connectivity index (χ4v) is 2.46. The zero-order valence-corrected chi connectivity index (χ0v) is 12.7. The van der Waals surface area contributed by atoms with Crippen molar-refractivity contribution in [3.63, 3.8) is 0 Å². The van der Waals surface area contributed by atoms with Crippen molar-refractivity contribution in [1.29, 1.82) is 0 Å². The van der Waals surface area contributed by atoms with E-state index in [1.807, 2.05) is 0 Å². The molecule has 1 aromatic carbocycles. The van der Waals surface area contributed by atoms with Gasteiger partial charge in [0.25, 0.3) is 0 Å². The first kappa shape index (κ1) is 17.0. The second-order valence-corrected chi connectivity index (χ2v) is 7.36. The maximum atomic E-state index is 12.0. The summed E-state index contributed by atoms with van der Waals surface area (Å²) in [5.74, 6) is -2.88. The standard InChI is InChI=1S/C13H17NO6S/c1-13(2,12(16)17)21(18,19)8-11(15)14-9-6-4-5-7-10(9)20-3/h4-7H,8H2,1-3H3,(H,14,15)(H,16,17). The number of hydrogen-bond acceptors (Lipinski definition) is 5. The van der Waals surface area contributed by atoms with Crippen LogP contribution in [-0.2, 0) is 19.4 Å². The highest BCUT2D eigenvalue weighted by Crippen LogP contribution is 2.24. The number of carboxylic acids is 1. The Morgan fingerprint density at radius 3 is 2.38 bits per heavy atom. The summed E-state index contributed by atoms with van der Waals surface area (Å²) in [7, 11) is -2.74. The number of amides is 1. The van der Waals surface area contributed by atoms with Crippen LogP contribution in [-0.4, -0.2) is 43.0 Å². The molecule has 0 heterocycles. The second kappa shape index (κ2) is 6.13. The molecule has 116 valence electrons. The molecule has 1 rings (SSSR count). The lowest BCUT2D eigenvalue weighted by molar-refractivity contribution is -0.139. The van der Waals surface area contributed by atoms with Gasteiger partial charge >= 0.3 is 5.97 Å². The molecule has 0 aliphatic heterocycles. The third-order valence-electron chi connectivity index (χ3n) is 2.99. The Morgan fingerprint density at radius 2 is 1.86 bits per heavy atom. The largest absolute Gasteiger partial charge is 0.495 e. The fraction of sp³-hybridized carbons (Fsp3) is 0.385. The van der Waals surface area contributed by atoms with Gasteiger partial charge in [-0.05, 0) is 26.0 Å². The van der Waals surface area contributed by atoms with Gasteiger partial charge in [0, 0.05) is 0 Å². The van der Waals surface area contributed by atoms with Crippen molar-refractivity contribution in [2.24, 2.45) is 0 Å². The Hall–Kier alpha value is -2.09. The van der Waals surface area contributed by atoms with Crippen molar-refractivity contribution in [1.82, 2.24) is 0 Å². The molecule has 0 atom stereocenters. The van der Waals surface area contributed by atoms with E-state index in [1.54, 1.807) is 24.3 Å². The SMILES string of the molecule is COc1ccccc1NC(=O)CS(=O)(=O)C(C)(C)C(=O)O. The van der Waals surface area contributed by atoms with Gasteiger partial charge in [-0.3, -0.25) is 9.59 Å². The molecule has 0 saturated heterocycles. The number of benzene rings is 1. The Bertz CT molecular complexity index is 650. The lowest BCUT2D eigenvalue weighted by Gasteiger charge is -2.19. The van der Waals surface area contributed by atoms with E-state index in [1.165, 1.54) is 7.11 Å². The maximum absolute atomic E-state index is 12.0. The van der Waals surface area contributed by atoms with Gasteiger partial charge in [-0.15, -0.1) is 0 Å². The highest BCUT2D eigenvalue weighted by molar-refractivity contribution is 7.94. The molecule has 0 aliphatic carbocycles. The number of carbonyl (C=O) groups is 2. The van der Waals surface area contributed by atoms with Gasteiger partial charge < -0.3 is 15.2 Å². The van der Waals surface area contributed by atoms with Crippen molar-refractivity contribution in [3.05, 3.63) is 24.3 Å². The Morgan fingerprint density at radius 1 is 1.29 bits per heavy atom. The van der Waals surface area contributed by atoms with Crippen LogP contribution < -0.4 is 10.1 Å². The van der Waals surface area contributed by atoms with Gasteiger partial charge in [-0.2, -0.15) is 0 Å². The topological polar surface area (TPSA) is 110 Å². The summed E-state index contributed by atoms with van der Waals surface area (Å²) in [4.78, 5) is 22.8. The van der Waals surface area contributed by atoms with Crippen LogP contribution in [0.1, 0.15) is 13.8 Å². The average Bonchev–Trinajstić information content (AvgIpc) is 2.38. The first-order valence-electron chi connectivity index (χ1n) is 6.00. The highest BCUT2D eigenvalue weighted by Gasteiger charge is 2.42. The van der Waals surface area contributed by atoms with Crippen LogP contribution in [0.5, 0.6) is 5.75 Å². The van der Waals surface area contributed by atoms with Crippen molar-refractivity contribution in [2.75, 3.05) is 18.2 Å². The molecule has 0 aliphatic rings. The first-order valence-corrected chi connectivity index (χ1v) is 7.65. The summed E-state index contributed by atoms with van der Waals surface area (Å²) in [6, 6.07) is 6.49. The van der Waals surface area contributed by atoms with Crippen molar-refractivity contribution in [3.8, 4) is 5.75 Å². The summed E-state index contributed by atoms with van der Waals surface area (Å²) in [6.45, 7) is 2.09. The van der Waals surface area contributed by atoms with Crippen molar-refractivity contribution < 1.29 is 27.9 Å². The Balaban J connectivity index is 2.90. The van der Waals surface area contributed by atoms with E-state index in [0.29, 0.717) is 11.4 Å². The maximum Gasteiger partial charge on any atom is 0.324 e. The van der Waals surface area contributed by atoms with Crippen molar-refractivity contribution in [2.45, 2.75) is 18.6 Å². The molecule has 0 unspecified atom stereocenters. The molecular weight excluding hydrogens is 298 g/mol. The Kier molecular flexibility index (Phi) is 4.95. The normalized spacial score (nSPS) is 11.8. The fourth-order valence-electron chi connectivity index (χ4n) is 1.42. The van der Waals surface area contributed by atoms with Gasteiger partial charge in [-0.1, -0.05) is 12.1 Å². The number of para-hydroxylation sites is 2. The zero-order chi connectivity index (χ0) is 16.3. The van der Waals surface area contributed by atoms with Crippen molar-refractivity contribution >= 4 is 27.4 Å². The third-order valence-corrected chi connectivity index (χ3v) is 5.37. The number of hydrogen-bond donors (Lipinski definition) is 2. The molecule has 2 N–H and O–H groups in total. The molecule has 0 aromatic heterocycles. The van der Waals surface area contributed by atoms with E-state index >= 15 is 0 Å². The van der Waals surface area contributed by atoms with E-state index in [9.17, 15) is 18.0 Å². The Labute approximate surface area is 122 Å². The third kappa shape index (κ3) is 3.72. The van der Waals surface area contributed by atoms with Crippen LogP contribution >= 0.6 is 0 Å². The molecular formula is C13H17NO6S. The van der Waals surface area contributed by atoms with Gasteiger partial charge in [0.2, 0.25) is 5.91 Å². The summed E-state index contributed by atoms with van der Waals surface area (Å²) >= 11 is 0. The number of aliphatic carboxylic acids is 1. The van der Waals surface area contributed by atoms with E-state index in [2.05, 4.69) is 5.32 Å². The molecule has 0 bridgehead atoms. The smallest absolute Gasteiger partial charge is 0.324 e. The molecule has 7 nitrogen and oxygen atoms in total. The number of nitrogens with one attached hydrogen (secondary N) is 1. The molecule has 0 spiro atoms. The number of rotatable bonds is 6. The van der Waals surface area contributed by atoms with Gasteiger partial charge in [0.05, 0.1) is 12.8 Å². The molecule has 1 aromatic rings. The lowest BCUT2D eigenvalue weighted by atomic mass is 10.2. The predicted molar refractivity (Wildman–Crippen MR) is 77.1 cm³/mol. The minimum Gasteiger partial charge on any atom is -0.495 e. The molecule has 0 fully saturated rings. The molecule has 8 heteroatoms. The lowest BCUT2D eigenvalue weighted by Crippen LogP contribution is -2.44. The monoisotopic (exact) mass is 315 g/mol. The van der Waals surface area contributed by atoms with Gasteiger partial charge in [0.1, 0.15) is 11.5 Å². The average molecular weight is 315 g/mol.